The van der Waals surface area contributed by atoms with Crippen molar-refractivity contribution in [2.75, 3.05) is 13.2 Å². The van der Waals surface area contributed by atoms with Gasteiger partial charge in [-0.2, -0.15) is 0 Å². The molecule has 1 aliphatic heterocycles. The van der Waals surface area contributed by atoms with Crippen molar-refractivity contribution in [1.82, 2.24) is 0 Å². The molecule has 1 saturated heterocycles. The van der Waals surface area contributed by atoms with Crippen molar-refractivity contribution >= 4 is 24.5 Å². The van der Waals surface area contributed by atoms with Crippen LogP contribution in [0.1, 0.15) is 46.5 Å². The molecule has 2 aromatic rings. The van der Waals surface area contributed by atoms with Crippen molar-refractivity contribution in [3.8, 4) is 0 Å². The number of ketones is 1. The second kappa shape index (κ2) is 8.38. The molecule has 160 valence electrons. The Morgan fingerprint density at radius 3 is 2.03 bits per heavy atom. The predicted molar refractivity (Wildman–Crippen MR) is 121 cm³/mol. The lowest BCUT2D eigenvalue weighted by Gasteiger charge is -2.43. The number of carbonyl (C=O) groups excluding carboxylic acids is 1. The van der Waals surface area contributed by atoms with Crippen LogP contribution in [0.4, 0.5) is 0 Å². The zero-order chi connectivity index (χ0) is 21.2. The lowest BCUT2D eigenvalue weighted by Crippen LogP contribution is -2.67. The summed E-state index contributed by atoms with van der Waals surface area (Å²) >= 11 is 0. The molecule has 2 aromatic carbocycles. The highest BCUT2D eigenvalue weighted by Crippen LogP contribution is 2.40. The first-order valence-corrected chi connectivity index (χ1v) is 12.9. The summed E-state index contributed by atoms with van der Waals surface area (Å²) in [5.41, 5.74) is 0. The van der Waals surface area contributed by atoms with Crippen molar-refractivity contribution < 1.29 is 18.7 Å². The van der Waals surface area contributed by atoms with Crippen molar-refractivity contribution in [3.63, 3.8) is 0 Å². The van der Waals surface area contributed by atoms with Gasteiger partial charge in [0.25, 0.3) is 8.32 Å². The van der Waals surface area contributed by atoms with E-state index in [1.54, 1.807) is 0 Å². The van der Waals surface area contributed by atoms with Crippen LogP contribution in [-0.2, 0) is 18.7 Å². The molecular formula is C25H32O4Si. The molecule has 4 rings (SSSR count). The second-order valence-corrected chi connectivity index (χ2v) is 13.8. The summed E-state index contributed by atoms with van der Waals surface area (Å²) in [5.74, 6) is -0.552. The van der Waals surface area contributed by atoms with E-state index in [-0.39, 0.29) is 17.4 Å². The van der Waals surface area contributed by atoms with E-state index >= 15 is 0 Å². The molecular weight excluding hydrogens is 392 g/mol. The van der Waals surface area contributed by atoms with E-state index in [1.165, 1.54) is 10.4 Å². The van der Waals surface area contributed by atoms with Crippen molar-refractivity contribution in [2.45, 2.75) is 63.4 Å². The maximum Gasteiger partial charge on any atom is 0.261 e. The van der Waals surface area contributed by atoms with Crippen LogP contribution in [0.5, 0.6) is 0 Å². The average molecular weight is 425 g/mol. The molecule has 2 fully saturated rings. The smallest absolute Gasteiger partial charge is 0.261 e. The lowest BCUT2D eigenvalue weighted by molar-refractivity contribution is -0.168. The number of hydrogen-bond donors (Lipinski definition) is 0. The van der Waals surface area contributed by atoms with Crippen LogP contribution < -0.4 is 10.4 Å². The minimum absolute atomic E-state index is 0.0215. The van der Waals surface area contributed by atoms with Gasteiger partial charge in [-0.1, -0.05) is 81.4 Å². The molecule has 1 atom stereocenters. The molecule has 2 aliphatic rings. The molecule has 30 heavy (non-hydrogen) atoms. The molecule has 1 aliphatic carbocycles. The molecule has 5 heteroatoms. The van der Waals surface area contributed by atoms with E-state index in [0.29, 0.717) is 6.61 Å². The summed E-state index contributed by atoms with van der Waals surface area (Å²) in [5, 5.41) is 2.19. The molecule has 0 unspecified atom stereocenters. The van der Waals surface area contributed by atoms with E-state index in [9.17, 15) is 4.79 Å². The largest absolute Gasteiger partial charge is 0.400 e. The van der Waals surface area contributed by atoms with Crippen LogP contribution >= 0.6 is 0 Å². The molecule has 4 nitrogen and oxygen atoms in total. The number of rotatable bonds is 6. The third-order valence-corrected chi connectivity index (χ3v) is 11.4. The number of ether oxygens (including phenoxy) is 2. The second-order valence-electron chi connectivity index (χ2n) is 9.45. The van der Waals surface area contributed by atoms with Crippen LogP contribution in [0.2, 0.25) is 5.04 Å². The van der Waals surface area contributed by atoms with Crippen molar-refractivity contribution in [1.29, 1.82) is 0 Å². The van der Waals surface area contributed by atoms with Gasteiger partial charge in [-0.25, -0.2) is 0 Å². The first kappa shape index (κ1) is 21.4. The zero-order valence-corrected chi connectivity index (χ0v) is 19.2. The molecule has 0 aromatic heterocycles. The van der Waals surface area contributed by atoms with Gasteiger partial charge in [0.15, 0.2) is 11.6 Å². The Kier molecular flexibility index (Phi) is 5.99. The Hall–Kier alpha value is -1.79. The highest BCUT2D eigenvalue weighted by Gasteiger charge is 2.51. The van der Waals surface area contributed by atoms with Gasteiger partial charge in [-0.3, -0.25) is 4.79 Å². The summed E-state index contributed by atoms with van der Waals surface area (Å²) in [6.45, 7) is 7.02. The van der Waals surface area contributed by atoms with Gasteiger partial charge in [0.05, 0.1) is 13.2 Å². The minimum Gasteiger partial charge on any atom is -0.400 e. The van der Waals surface area contributed by atoms with Gasteiger partial charge in [0.2, 0.25) is 0 Å². The van der Waals surface area contributed by atoms with E-state index in [1.807, 2.05) is 12.1 Å². The lowest BCUT2D eigenvalue weighted by atomic mass is 10.2. The third kappa shape index (κ3) is 3.92. The Morgan fingerprint density at radius 2 is 1.53 bits per heavy atom. The molecule has 0 amide bonds. The average Bonchev–Trinajstić information content (AvgIpc) is 3.39. The number of carbonyl (C=O) groups is 1. The van der Waals surface area contributed by atoms with Gasteiger partial charge in [0.1, 0.15) is 6.10 Å². The standard InChI is InChI=1S/C25H32O4Si/c1-24(2,3)30(20-12-6-4-7-13-20,21-14-8-5-9-15-21)28-18-22(26)23-19-27-25(29-23)16-10-11-17-25/h4-9,12-15,23H,10-11,16-19H2,1-3H3/t23-/m0/s1. The molecule has 1 saturated carbocycles. The third-order valence-electron chi connectivity index (χ3n) is 6.43. The predicted octanol–water partition coefficient (Wildman–Crippen LogP) is 3.82. The van der Waals surface area contributed by atoms with Crippen molar-refractivity contribution in [2.24, 2.45) is 0 Å². The highest BCUT2D eigenvalue weighted by atomic mass is 28.4. The Bertz CT molecular complexity index is 814. The van der Waals surface area contributed by atoms with Gasteiger partial charge in [-0.05, 0) is 28.3 Å². The van der Waals surface area contributed by atoms with Crippen LogP contribution in [0, 0.1) is 0 Å². The van der Waals surface area contributed by atoms with Crippen molar-refractivity contribution in [3.05, 3.63) is 60.7 Å². The van der Waals surface area contributed by atoms with Gasteiger partial charge in [-0.15, -0.1) is 0 Å². The topological polar surface area (TPSA) is 44.8 Å². The van der Waals surface area contributed by atoms with Crippen LogP contribution in [0.3, 0.4) is 0 Å². The number of benzene rings is 2. The summed E-state index contributed by atoms with van der Waals surface area (Å²) in [6, 6.07) is 20.8. The van der Waals surface area contributed by atoms with Crippen LogP contribution in [-0.4, -0.2) is 39.2 Å². The summed E-state index contributed by atoms with van der Waals surface area (Å²) < 4.78 is 18.8. The molecule has 0 N–H and O–H groups in total. The number of hydrogen-bond acceptors (Lipinski definition) is 4. The fourth-order valence-electron chi connectivity index (χ4n) is 4.92. The minimum atomic E-state index is -2.72. The SMILES string of the molecule is CC(C)(C)[Si](OCC(=O)[C@@H]1COC2(CCCC2)O1)(c1ccccc1)c1ccccc1. The molecule has 1 spiro atoms. The zero-order valence-electron chi connectivity index (χ0n) is 18.2. The fraction of sp³-hybridized carbons (Fsp3) is 0.480. The van der Waals surface area contributed by atoms with E-state index < -0.39 is 20.2 Å². The van der Waals surface area contributed by atoms with E-state index in [4.69, 9.17) is 13.9 Å². The van der Waals surface area contributed by atoms with Crippen LogP contribution in [0.25, 0.3) is 0 Å². The monoisotopic (exact) mass is 424 g/mol. The van der Waals surface area contributed by atoms with Crippen LogP contribution in [0.15, 0.2) is 60.7 Å². The number of Topliss-reactive ketones (excluding diaryl/α,β-unsaturated/α-hetero) is 1. The highest BCUT2D eigenvalue weighted by molar-refractivity contribution is 6.99. The first-order chi connectivity index (χ1) is 14.4. The maximum atomic E-state index is 13.1. The Balaban J connectivity index is 1.61. The van der Waals surface area contributed by atoms with Gasteiger partial charge in [0, 0.05) is 12.8 Å². The molecule has 1 heterocycles. The van der Waals surface area contributed by atoms with Gasteiger partial charge >= 0.3 is 0 Å². The first-order valence-electron chi connectivity index (χ1n) is 11.0. The van der Waals surface area contributed by atoms with E-state index in [0.717, 1.165) is 25.7 Å². The Morgan fingerprint density at radius 1 is 1.00 bits per heavy atom. The summed E-state index contributed by atoms with van der Waals surface area (Å²) in [6.07, 6.45) is 3.43. The van der Waals surface area contributed by atoms with E-state index in [2.05, 4.69) is 69.3 Å². The fourth-order valence-corrected chi connectivity index (χ4v) is 9.44. The molecule has 0 bridgehead atoms. The summed E-state index contributed by atoms with van der Waals surface area (Å²) in [7, 11) is -2.72. The quantitative estimate of drug-likeness (QED) is 0.662. The Labute approximate surface area is 180 Å². The van der Waals surface area contributed by atoms with Gasteiger partial charge < -0.3 is 13.9 Å². The maximum absolute atomic E-state index is 13.1. The normalized spacial score (nSPS) is 21.2. The molecule has 0 radical (unpaired) electrons. The summed E-state index contributed by atoms with van der Waals surface area (Å²) in [4.78, 5) is 13.1.